The summed E-state index contributed by atoms with van der Waals surface area (Å²) in [6.45, 7) is 16.7. The number of hydrogen-bond acceptors (Lipinski definition) is 15. The van der Waals surface area contributed by atoms with Gasteiger partial charge in [-0.15, -0.1) is 0 Å². The predicted molar refractivity (Wildman–Crippen MR) is 382 cm³/mol. The van der Waals surface area contributed by atoms with Crippen LogP contribution in [0.1, 0.15) is 248 Å². The Kier molecular flexibility index (Phi) is 19.3. The highest BCUT2D eigenvalue weighted by atomic mass is 16.7. The van der Waals surface area contributed by atoms with Crippen LogP contribution < -0.4 is 0 Å². The molecule has 103 heavy (non-hydrogen) atoms. The van der Waals surface area contributed by atoms with Crippen LogP contribution in [0.15, 0.2) is 0 Å². The van der Waals surface area contributed by atoms with Crippen molar-refractivity contribution in [3.8, 4) is 0 Å². The zero-order valence-corrected chi connectivity index (χ0v) is 64.0. The van der Waals surface area contributed by atoms with Crippen molar-refractivity contribution < 1.29 is 71.4 Å². The molecule has 0 heterocycles. The molecule has 22 saturated carbocycles. The summed E-state index contributed by atoms with van der Waals surface area (Å²) in [4.78, 5) is 77.0. The van der Waals surface area contributed by atoms with E-state index in [2.05, 4.69) is 6.92 Å². The van der Waals surface area contributed by atoms with Gasteiger partial charge in [-0.3, -0.25) is 28.8 Å². The number of fused-ring (bicyclic) bond motifs is 29. The van der Waals surface area contributed by atoms with Gasteiger partial charge in [-0.1, -0.05) is 41.0 Å². The van der Waals surface area contributed by atoms with E-state index >= 15 is 0 Å². The SMILES string of the molecule is CCC(C)(C)C(=O)OC1CC2CC1C1C3CC(CC3C(=O)OCOCC34CC5CC(CC(C5)C3)C4)C21.CCC(C)C(=O)OC1CC2CC1C1C3CC(CC3C(=O)OCOCC34CC5CC(CC(C5)C3)C4)C21.CCC(C)C(=O)OC1CC2CC1C1C3CC(CC3C(=O)OCOCC3CC4CCC3C4)C21. The molecule has 572 valence electrons. The molecule has 0 aromatic rings. The van der Waals surface area contributed by atoms with Gasteiger partial charge in [0.25, 0.3) is 0 Å². The molecule has 15 nitrogen and oxygen atoms in total. The quantitative estimate of drug-likeness (QED) is 0.0292. The van der Waals surface area contributed by atoms with Gasteiger partial charge in [0.2, 0.25) is 0 Å². The number of rotatable bonds is 24. The minimum atomic E-state index is -0.418. The van der Waals surface area contributed by atoms with Gasteiger partial charge < -0.3 is 42.6 Å². The lowest BCUT2D eigenvalue weighted by atomic mass is 9.50. The maximum Gasteiger partial charge on any atom is 0.311 e. The summed E-state index contributed by atoms with van der Waals surface area (Å²) < 4.78 is 53.2. The summed E-state index contributed by atoms with van der Waals surface area (Å²) in [6, 6.07) is 0. The van der Waals surface area contributed by atoms with Gasteiger partial charge in [0.05, 0.1) is 54.8 Å². The highest BCUT2D eigenvalue weighted by molar-refractivity contribution is 5.77. The van der Waals surface area contributed by atoms with E-state index in [1.165, 1.54) is 135 Å². The molecule has 22 fully saturated rings. The van der Waals surface area contributed by atoms with Crippen LogP contribution in [0.25, 0.3) is 0 Å². The second-order valence-corrected chi connectivity index (χ2v) is 41.5. The zero-order chi connectivity index (χ0) is 70.7. The molecule has 0 radical (unpaired) electrons. The highest BCUT2D eigenvalue weighted by Crippen LogP contribution is 2.73. The van der Waals surface area contributed by atoms with Gasteiger partial charge in [-0.2, -0.15) is 0 Å². The van der Waals surface area contributed by atoms with E-state index in [9.17, 15) is 28.8 Å². The summed E-state index contributed by atoms with van der Waals surface area (Å²) in [5.74, 6) is 18.3. The van der Waals surface area contributed by atoms with Crippen LogP contribution in [0.2, 0.25) is 0 Å². The fourth-order valence-electron chi connectivity index (χ4n) is 32.0. The van der Waals surface area contributed by atoms with Crippen LogP contribution >= 0.6 is 0 Å². The van der Waals surface area contributed by atoms with Gasteiger partial charge in [0.1, 0.15) is 18.3 Å². The lowest BCUT2D eigenvalue weighted by Crippen LogP contribution is -2.48. The molecule has 22 bridgehead atoms. The lowest BCUT2D eigenvalue weighted by molar-refractivity contribution is -0.175. The Morgan fingerprint density at radius 1 is 0.369 bits per heavy atom. The first-order valence-corrected chi connectivity index (χ1v) is 43.6. The Bertz CT molecular complexity index is 3100. The van der Waals surface area contributed by atoms with E-state index in [1.54, 1.807) is 0 Å². The summed E-state index contributed by atoms with van der Waals surface area (Å²) in [6.07, 6.45) is 37.9. The average molecular weight is 1430 g/mol. The molecule has 22 aliphatic rings. The molecule has 0 aromatic carbocycles. The molecule has 0 spiro atoms. The van der Waals surface area contributed by atoms with Crippen molar-refractivity contribution in [3.05, 3.63) is 0 Å². The molecule has 22 rings (SSSR count). The molecule has 0 aliphatic heterocycles. The number of esters is 6. The Balaban J connectivity index is 0.000000111. The van der Waals surface area contributed by atoms with E-state index in [4.69, 9.17) is 42.6 Å². The second-order valence-electron chi connectivity index (χ2n) is 41.5. The summed E-state index contributed by atoms with van der Waals surface area (Å²) >= 11 is 0. The smallest absolute Gasteiger partial charge is 0.311 e. The second kappa shape index (κ2) is 27.9. The van der Waals surface area contributed by atoms with E-state index in [0.717, 1.165) is 149 Å². The van der Waals surface area contributed by atoms with E-state index in [-0.39, 0.29) is 104 Å². The normalized spacial score (nSPS) is 49.6. The maximum atomic E-state index is 13.2. The van der Waals surface area contributed by atoms with Crippen molar-refractivity contribution in [3.63, 3.8) is 0 Å². The van der Waals surface area contributed by atoms with Gasteiger partial charge in [0.15, 0.2) is 20.4 Å². The molecule has 15 heteroatoms. The van der Waals surface area contributed by atoms with Crippen molar-refractivity contribution in [1.82, 2.24) is 0 Å². The molecule has 0 amide bonds. The van der Waals surface area contributed by atoms with Crippen LogP contribution in [0, 0.1) is 206 Å². The Hall–Kier alpha value is -3.30. The summed E-state index contributed by atoms with van der Waals surface area (Å²) in [5, 5.41) is 0. The Labute approximate surface area is 615 Å². The van der Waals surface area contributed by atoms with Crippen LogP contribution in [0.3, 0.4) is 0 Å². The topological polar surface area (TPSA) is 185 Å². The molecule has 29 atom stereocenters. The third-order valence-corrected chi connectivity index (χ3v) is 35.7. The molecule has 0 aromatic heterocycles. The van der Waals surface area contributed by atoms with E-state index in [1.807, 2.05) is 41.5 Å². The van der Waals surface area contributed by atoms with Crippen molar-refractivity contribution in [1.29, 1.82) is 0 Å². The van der Waals surface area contributed by atoms with Gasteiger partial charge in [0, 0.05) is 0 Å². The maximum absolute atomic E-state index is 13.2. The van der Waals surface area contributed by atoms with Crippen LogP contribution in [0.4, 0.5) is 0 Å². The minimum absolute atomic E-state index is 0.0159. The first-order valence-electron chi connectivity index (χ1n) is 43.6. The molecular formula is C88H130O15. The minimum Gasteiger partial charge on any atom is -0.462 e. The number of ether oxygens (including phenoxy) is 9. The summed E-state index contributed by atoms with van der Waals surface area (Å²) in [7, 11) is 0. The number of carbonyl (C=O) groups excluding carboxylic acids is 6. The van der Waals surface area contributed by atoms with Crippen molar-refractivity contribution >= 4 is 35.8 Å². The van der Waals surface area contributed by atoms with Gasteiger partial charge in [-0.25, -0.2) is 0 Å². The van der Waals surface area contributed by atoms with Crippen LogP contribution in [-0.4, -0.2) is 94.3 Å². The number of carbonyl (C=O) groups is 6. The fourth-order valence-corrected chi connectivity index (χ4v) is 32.0. The first kappa shape index (κ1) is 71.3. The van der Waals surface area contributed by atoms with Crippen molar-refractivity contribution in [2.24, 2.45) is 206 Å². The fraction of sp³-hybridized carbons (Fsp3) is 0.932. The van der Waals surface area contributed by atoms with E-state index in [0.29, 0.717) is 106 Å². The predicted octanol–water partition coefficient (Wildman–Crippen LogP) is 16.4. The first-order chi connectivity index (χ1) is 49.7. The largest absolute Gasteiger partial charge is 0.462 e. The molecule has 22 aliphatic carbocycles. The van der Waals surface area contributed by atoms with Crippen LogP contribution in [-0.2, 0) is 71.4 Å². The molecule has 29 unspecified atom stereocenters. The standard InChI is InChI=1S/C31H46O5.C30H44O5.C27H40O5/c1-4-30(2,3)29(33)36-25-11-21-10-24(25)27-22-8-20(26(21)27)9-23(22)28(32)35-16-34-15-31-12-17-5-18(13-31)7-19(6-17)14-31;1-3-16(2)28(31)35-25-10-21-9-24(25)27-22-7-20(26(21)27)8-23(22)29(32)34-15-33-14-30-11-17-4-18(12-30)6-19(5-17)13-30;1-3-14(2)26(28)32-23-11-18-10-22(23)25-20-8-17(24(18)25)9-21(20)27(29)31-13-30-12-19-7-15-4-5-16(19)6-15/h17-27H,4-16H2,1-3H3;16-27H,3-15H2,1-2H3;14-25H,3-13H2,1-2H3. The average Bonchev–Trinajstić information content (AvgIpc) is 1.56. The highest BCUT2D eigenvalue weighted by Gasteiger charge is 2.70. The monoisotopic (exact) mass is 1430 g/mol. The van der Waals surface area contributed by atoms with Gasteiger partial charge >= 0.3 is 35.8 Å². The third-order valence-electron chi connectivity index (χ3n) is 35.7. The summed E-state index contributed by atoms with van der Waals surface area (Å²) in [5.41, 5.74) is 0.312. The van der Waals surface area contributed by atoms with Crippen LogP contribution in [0.5, 0.6) is 0 Å². The number of hydrogen-bond donors (Lipinski definition) is 0. The van der Waals surface area contributed by atoms with Crippen molar-refractivity contribution in [2.75, 3.05) is 40.2 Å². The van der Waals surface area contributed by atoms with Gasteiger partial charge in [-0.05, 0) is 377 Å². The zero-order valence-electron chi connectivity index (χ0n) is 64.0. The molecule has 0 N–H and O–H groups in total. The van der Waals surface area contributed by atoms with E-state index < -0.39 is 5.41 Å². The Morgan fingerprint density at radius 2 is 0.718 bits per heavy atom. The Morgan fingerprint density at radius 3 is 1.06 bits per heavy atom. The van der Waals surface area contributed by atoms with Crippen molar-refractivity contribution in [2.45, 2.75) is 266 Å². The molecular weight excluding hydrogens is 1300 g/mol. The molecule has 0 saturated heterocycles. The third kappa shape index (κ3) is 12.9. The lowest BCUT2D eigenvalue weighted by Gasteiger charge is -2.56.